The molecule has 0 aliphatic rings. The second-order valence-electron chi connectivity index (χ2n) is 5.16. The quantitative estimate of drug-likeness (QED) is 0.759. The average Bonchev–Trinajstić information content (AvgIpc) is 2.53. The van der Waals surface area contributed by atoms with Gasteiger partial charge in [0, 0.05) is 6.54 Å². The Kier molecular flexibility index (Phi) is 7.36. The Balaban J connectivity index is 2.43. The molecule has 22 heavy (non-hydrogen) atoms. The van der Waals surface area contributed by atoms with E-state index in [9.17, 15) is 14.0 Å². The molecule has 1 aromatic rings. The molecule has 1 rings (SSSR count). The van der Waals surface area contributed by atoms with E-state index in [1.54, 1.807) is 12.1 Å². The maximum atomic E-state index is 12.8. The van der Waals surface area contributed by atoms with Crippen LogP contribution in [0.25, 0.3) is 0 Å². The molecular weight excluding hydrogens is 287 g/mol. The van der Waals surface area contributed by atoms with Crippen LogP contribution in [-0.4, -0.2) is 31.7 Å². The number of carbonyl (C=O) groups is 2. The second-order valence-corrected chi connectivity index (χ2v) is 5.16. The van der Waals surface area contributed by atoms with Crippen LogP contribution in [0.5, 0.6) is 0 Å². The molecule has 0 saturated heterocycles. The van der Waals surface area contributed by atoms with Gasteiger partial charge < -0.3 is 15.4 Å². The Morgan fingerprint density at radius 1 is 1.27 bits per heavy atom. The van der Waals surface area contributed by atoms with Gasteiger partial charge in [0.05, 0.1) is 7.11 Å². The predicted molar refractivity (Wildman–Crippen MR) is 81.9 cm³/mol. The van der Waals surface area contributed by atoms with E-state index in [1.807, 2.05) is 13.8 Å². The minimum absolute atomic E-state index is 0.0182. The minimum atomic E-state index is -0.666. The molecule has 0 heterocycles. The summed E-state index contributed by atoms with van der Waals surface area (Å²) in [5.74, 6) is -0.762. The molecule has 0 spiro atoms. The first-order chi connectivity index (χ1) is 10.5. The van der Waals surface area contributed by atoms with Gasteiger partial charge in [0.25, 0.3) is 0 Å². The summed E-state index contributed by atoms with van der Waals surface area (Å²) in [7, 11) is 1.30. The van der Waals surface area contributed by atoms with Gasteiger partial charge in [-0.2, -0.15) is 0 Å². The van der Waals surface area contributed by atoms with E-state index < -0.39 is 18.0 Å². The summed E-state index contributed by atoms with van der Waals surface area (Å²) in [4.78, 5) is 23.5. The first-order valence-electron chi connectivity index (χ1n) is 7.34. The molecule has 0 aliphatic carbocycles. The van der Waals surface area contributed by atoms with Crippen LogP contribution in [0.15, 0.2) is 24.3 Å². The maximum absolute atomic E-state index is 12.8. The van der Waals surface area contributed by atoms with E-state index in [1.165, 1.54) is 19.2 Å². The number of hydrogen-bond acceptors (Lipinski definition) is 3. The Labute approximate surface area is 130 Å². The SMILES string of the molecule is CCC(C)C(NC(=O)NCCc1ccc(F)cc1)C(=O)OC. The van der Waals surface area contributed by atoms with Crippen molar-refractivity contribution in [2.24, 2.45) is 5.92 Å². The molecule has 1 aromatic carbocycles. The third kappa shape index (κ3) is 5.71. The van der Waals surface area contributed by atoms with Gasteiger partial charge in [0.15, 0.2) is 0 Å². The van der Waals surface area contributed by atoms with Gasteiger partial charge >= 0.3 is 12.0 Å². The molecule has 0 bridgehead atoms. The van der Waals surface area contributed by atoms with Gasteiger partial charge in [-0.05, 0) is 30.0 Å². The number of nitrogens with one attached hydrogen (secondary N) is 2. The molecule has 0 fully saturated rings. The van der Waals surface area contributed by atoms with E-state index in [0.29, 0.717) is 13.0 Å². The van der Waals surface area contributed by atoms with Gasteiger partial charge in [0.2, 0.25) is 0 Å². The van der Waals surface area contributed by atoms with Gasteiger partial charge in [-0.15, -0.1) is 0 Å². The zero-order valence-corrected chi connectivity index (χ0v) is 13.2. The Bertz CT molecular complexity index is 491. The number of carbonyl (C=O) groups excluding carboxylic acids is 2. The lowest BCUT2D eigenvalue weighted by Crippen LogP contribution is -2.49. The van der Waals surface area contributed by atoms with Crippen LogP contribution in [0, 0.1) is 11.7 Å². The van der Waals surface area contributed by atoms with Gasteiger partial charge in [-0.1, -0.05) is 32.4 Å². The van der Waals surface area contributed by atoms with Crippen molar-refractivity contribution in [3.05, 3.63) is 35.6 Å². The number of benzene rings is 1. The van der Waals surface area contributed by atoms with Crippen LogP contribution in [0.2, 0.25) is 0 Å². The van der Waals surface area contributed by atoms with Crippen LogP contribution in [0.3, 0.4) is 0 Å². The second kappa shape index (κ2) is 9.02. The summed E-state index contributed by atoms with van der Waals surface area (Å²) in [5, 5.41) is 5.31. The lowest BCUT2D eigenvalue weighted by Gasteiger charge is -2.22. The third-order valence-electron chi connectivity index (χ3n) is 3.57. The Morgan fingerprint density at radius 3 is 2.45 bits per heavy atom. The van der Waals surface area contributed by atoms with E-state index >= 15 is 0 Å². The van der Waals surface area contributed by atoms with Gasteiger partial charge in [0.1, 0.15) is 11.9 Å². The molecule has 2 N–H and O–H groups in total. The first-order valence-corrected chi connectivity index (χ1v) is 7.34. The van der Waals surface area contributed by atoms with Crippen molar-refractivity contribution < 1.29 is 18.7 Å². The molecule has 122 valence electrons. The monoisotopic (exact) mass is 310 g/mol. The molecule has 2 amide bonds. The van der Waals surface area contributed by atoms with Gasteiger partial charge in [-0.3, -0.25) is 0 Å². The zero-order chi connectivity index (χ0) is 16.5. The number of rotatable bonds is 7. The van der Waals surface area contributed by atoms with E-state index in [4.69, 9.17) is 4.74 Å². The highest BCUT2D eigenvalue weighted by atomic mass is 19.1. The van der Waals surface area contributed by atoms with E-state index in [0.717, 1.165) is 12.0 Å². The first kappa shape index (κ1) is 17.9. The topological polar surface area (TPSA) is 67.4 Å². The summed E-state index contributed by atoms with van der Waals surface area (Å²) in [5.41, 5.74) is 0.924. The van der Waals surface area contributed by atoms with Crippen LogP contribution >= 0.6 is 0 Å². The maximum Gasteiger partial charge on any atom is 0.328 e. The molecule has 0 aliphatic heterocycles. The summed E-state index contributed by atoms with van der Waals surface area (Å²) in [6.07, 6.45) is 1.33. The standard InChI is InChI=1S/C16H23FN2O3/c1-4-11(2)14(15(20)22-3)19-16(21)18-10-9-12-5-7-13(17)8-6-12/h5-8,11,14H,4,9-10H2,1-3H3,(H2,18,19,21). The van der Waals surface area contributed by atoms with Crippen molar-refractivity contribution in [1.29, 1.82) is 0 Å². The smallest absolute Gasteiger partial charge is 0.328 e. The summed E-state index contributed by atoms with van der Waals surface area (Å²) in [6, 6.07) is 5.02. The fourth-order valence-corrected chi connectivity index (χ4v) is 1.96. The molecule has 6 heteroatoms. The summed E-state index contributed by atoms with van der Waals surface area (Å²) < 4.78 is 17.5. The molecular formula is C16H23FN2O3. The highest BCUT2D eigenvalue weighted by molar-refractivity contribution is 5.83. The van der Waals surface area contributed by atoms with Crippen molar-refractivity contribution in [1.82, 2.24) is 10.6 Å². The van der Waals surface area contributed by atoms with E-state index in [-0.39, 0.29) is 11.7 Å². The van der Waals surface area contributed by atoms with Crippen LogP contribution in [-0.2, 0) is 16.0 Å². The number of halogens is 1. The lowest BCUT2D eigenvalue weighted by molar-refractivity contribution is -0.144. The molecule has 2 unspecified atom stereocenters. The largest absolute Gasteiger partial charge is 0.467 e. The highest BCUT2D eigenvalue weighted by Crippen LogP contribution is 2.09. The Hall–Kier alpha value is -2.11. The highest BCUT2D eigenvalue weighted by Gasteiger charge is 2.26. The molecule has 5 nitrogen and oxygen atoms in total. The minimum Gasteiger partial charge on any atom is -0.467 e. The summed E-state index contributed by atoms with van der Waals surface area (Å²) >= 11 is 0. The fourth-order valence-electron chi connectivity index (χ4n) is 1.96. The molecule has 2 atom stereocenters. The zero-order valence-electron chi connectivity index (χ0n) is 13.2. The number of esters is 1. The van der Waals surface area contributed by atoms with E-state index in [2.05, 4.69) is 10.6 Å². The third-order valence-corrected chi connectivity index (χ3v) is 3.57. The molecule has 0 saturated carbocycles. The average molecular weight is 310 g/mol. The van der Waals surface area contributed by atoms with Crippen molar-refractivity contribution >= 4 is 12.0 Å². The number of amides is 2. The van der Waals surface area contributed by atoms with Crippen molar-refractivity contribution in [2.45, 2.75) is 32.7 Å². The van der Waals surface area contributed by atoms with Crippen molar-refractivity contribution in [3.63, 3.8) is 0 Å². The van der Waals surface area contributed by atoms with Crippen molar-refractivity contribution in [3.8, 4) is 0 Å². The number of hydrogen-bond donors (Lipinski definition) is 2. The van der Waals surface area contributed by atoms with Gasteiger partial charge in [-0.25, -0.2) is 14.0 Å². The van der Waals surface area contributed by atoms with Crippen molar-refractivity contribution in [2.75, 3.05) is 13.7 Å². The number of urea groups is 1. The number of ether oxygens (including phenoxy) is 1. The predicted octanol–water partition coefficient (Wildman–Crippen LogP) is 2.26. The normalized spacial score (nSPS) is 13.1. The molecule has 0 radical (unpaired) electrons. The van der Waals surface area contributed by atoms with Crippen LogP contribution < -0.4 is 10.6 Å². The fraction of sp³-hybridized carbons (Fsp3) is 0.500. The number of methoxy groups -OCH3 is 1. The lowest BCUT2D eigenvalue weighted by atomic mass is 9.99. The molecule has 0 aromatic heterocycles. The summed E-state index contributed by atoms with van der Waals surface area (Å²) in [6.45, 7) is 4.21. The van der Waals surface area contributed by atoms with Crippen LogP contribution in [0.1, 0.15) is 25.8 Å². The Morgan fingerprint density at radius 2 is 1.91 bits per heavy atom. The van der Waals surface area contributed by atoms with Crippen LogP contribution in [0.4, 0.5) is 9.18 Å².